The number of hydrogen-bond acceptors (Lipinski definition) is 3. The number of hydrogen-bond donors (Lipinski definition) is 3. The van der Waals surface area contributed by atoms with Crippen LogP contribution in [0.5, 0.6) is 5.75 Å². The van der Waals surface area contributed by atoms with E-state index >= 15 is 0 Å². The van der Waals surface area contributed by atoms with Gasteiger partial charge in [0.25, 0.3) is 0 Å². The van der Waals surface area contributed by atoms with Crippen molar-refractivity contribution in [3.8, 4) is 5.75 Å². The van der Waals surface area contributed by atoms with Gasteiger partial charge in [0.05, 0.1) is 0 Å². The van der Waals surface area contributed by atoms with Crippen molar-refractivity contribution >= 4 is 5.69 Å². The highest BCUT2D eigenvalue weighted by Crippen LogP contribution is 2.31. The molecule has 17 heavy (non-hydrogen) atoms. The molecule has 0 spiro atoms. The Balaban J connectivity index is 1.89. The van der Waals surface area contributed by atoms with Gasteiger partial charge in [-0.05, 0) is 37.8 Å². The minimum atomic E-state index is -1.17. The Bertz CT molecular complexity index is 375. The van der Waals surface area contributed by atoms with Crippen LogP contribution in [0.4, 0.5) is 10.1 Å². The first-order chi connectivity index (χ1) is 8.07. The zero-order valence-electron chi connectivity index (χ0n) is 9.82. The fourth-order valence-corrected chi connectivity index (χ4v) is 2.21. The lowest BCUT2D eigenvalue weighted by Crippen LogP contribution is -2.40. The van der Waals surface area contributed by atoms with Crippen molar-refractivity contribution in [2.45, 2.75) is 37.4 Å². The number of halogens is 1. The van der Waals surface area contributed by atoms with Crippen LogP contribution in [0.15, 0.2) is 24.3 Å². The highest BCUT2D eigenvalue weighted by atomic mass is 19.1. The maximum atomic E-state index is 14.4. The number of phenolic OH excluding ortho intramolecular Hbond substituents is 1. The summed E-state index contributed by atoms with van der Waals surface area (Å²) in [5.41, 5.74) is 5.34. The molecule has 3 nitrogen and oxygen atoms in total. The second-order valence-corrected chi connectivity index (χ2v) is 4.89. The van der Waals surface area contributed by atoms with Crippen molar-refractivity contribution < 1.29 is 9.50 Å². The van der Waals surface area contributed by atoms with Crippen molar-refractivity contribution in [1.29, 1.82) is 0 Å². The van der Waals surface area contributed by atoms with E-state index in [1.165, 1.54) is 0 Å². The highest BCUT2D eigenvalue weighted by molar-refractivity contribution is 5.47. The fraction of sp³-hybridized carbons (Fsp3) is 0.538. The van der Waals surface area contributed by atoms with Gasteiger partial charge in [0.15, 0.2) is 0 Å². The van der Waals surface area contributed by atoms with E-state index in [-0.39, 0.29) is 18.3 Å². The molecule has 0 aromatic heterocycles. The average molecular weight is 238 g/mol. The van der Waals surface area contributed by atoms with Gasteiger partial charge in [-0.2, -0.15) is 0 Å². The van der Waals surface area contributed by atoms with Crippen LogP contribution < -0.4 is 11.1 Å². The Labute approximate surface area is 101 Å². The van der Waals surface area contributed by atoms with Gasteiger partial charge in [-0.15, -0.1) is 0 Å². The van der Waals surface area contributed by atoms with Crippen LogP contribution in [0.3, 0.4) is 0 Å². The molecular formula is C13H19FN2O. The van der Waals surface area contributed by atoms with Crippen LogP contribution in [0, 0.1) is 0 Å². The Hall–Kier alpha value is -1.29. The molecular weight excluding hydrogens is 219 g/mol. The summed E-state index contributed by atoms with van der Waals surface area (Å²) >= 11 is 0. The second kappa shape index (κ2) is 4.92. The zero-order chi connectivity index (χ0) is 12.3. The third-order valence-electron chi connectivity index (χ3n) is 3.38. The Morgan fingerprint density at radius 1 is 1.41 bits per heavy atom. The molecule has 4 heteroatoms. The van der Waals surface area contributed by atoms with Gasteiger partial charge in [0.1, 0.15) is 11.4 Å². The van der Waals surface area contributed by atoms with Gasteiger partial charge in [0.2, 0.25) is 0 Å². The van der Waals surface area contributed by atoms with E-state index in [4.69, 9.17) is 5.73 Å². The number of alkyl halides is 1. The first-order valence-electron chi connectivity index (χ1n) is 6.05. The zero-order valence-corrected chi connectivity index (χ0v) is 9.82. The van der Waals surface area contributed by atoms with Gasteiger partial charge in [-0.25, -0.2) is 4.39 Å². The highest BCUT2D eigenvalue weighted by Gasteiger charge is 2.33. The van der Waals surface area contributed by atoms with Gasteiger partial charge >= 0.3 is 0 Å². The number of aromatic hydroxyl groups is 1. The predicted octanol–water partition coefficient (Wildman–Crippen LogP) is 2.41. The van der Waals surface area contributed by atoms with E-state index in [1.54, 1.807) is 18.2 Å². The molecule has 0 atom stereocenters. The first-order valence-corrected chi connectivity index (χ1v) is 6.05. The molecule has 0 radical (unpaired) electrons. The maximum absolute atomic E-state index is 14.4. The lowest BCUT2D eigenvalue weighted by molar-refractivity contribution is 0.113. The number of nitrogens with one attached hydrogen (secondary N) is 1. The lowest BCUT2D eigenvalue weighted by Gasteiger charge is -2.32. The van der Waals surface area contributed by atoms with Crippen LogP contribution in [0.1, 0.15) is 25.7 Å². The molecule has 1 aromatic rings. The fourth-order valence-electron chi connectivity index (χ4n) is 2.21. The molecule has 1 saturated carbocycles. The number of benzene rings is 1. The van der Waals surface area contributed by atoms with Gasteiger partial charge < -0.3 is 16.2 Å². The summed E-state index contributed by atoms with van der Waals surface area (Å²) in [6, 6.07) is 6.89. The minimum absolute atomic E-state index is 0.152. The molecule has 1 aliphatic rings. The number of rotatable bonds is 3. The third kappa shape index (κ3) is 3.33. The normalized spacial score (nSPS) is 28.9. The smallest absolute Gasteiger partial charge is 0.128 e. The van der Waals surface area contributed by atoms with Crippen molar-refractivity contribution in [1.82, 2.24) is 0 Å². The van der Waals surface area contributed by atoms with E-state index in [9.17, 15) is 9.50 Å². The molecule has 0 saturated heterocycles. The van der Waals surface area contributed by atoms with E-state index in [0.29, 0.717) is 12.8 Å². The summed E-state index contributed by atoms with van der Waals surface area (Å²) in [6.45, 7) is 0.281. The van der Waals surface area contributed by atoms with Gasteiger partial charge in [-0.3, -0.25) is 0 Å². The molecule has 2 rings (SSSR count). The summed E-state index contributed by atoms with van der Waals surface area (Å²) in [5.74, 6) is 0.188. The topological polar surface area (TPSA) is 58.3 Å². The molecule has 1 fully saturated rings. The molecule has 4 N–H and O–H groups in total. The Morgan fingerprint density at radius 3 is 2.76 bits per heavy atom. The van der Waals surface area contributed by atoms with Crippen LogP contribution in [-0.4, -0.2) is 23.4 Å². The molecule has 1 aromatic carbocycles. The van der Waals surface area contributed by atoms with Crippen LogP contribution in [0.2, 0.25) is 0 Å². The lowest BCUT2D eigenvalue weighted by atomic mass is 9.84. The SMILES string of the molecule is NC1CCC(F)(CNc2cccc(O)c2)CC1. The molecule has 0 bridgehead atoms. The van der Waals surface area contributed by atoms with Crippen molar-refractivity contribution in [3.05, 3.63) is 24.3 Å². The second-order valence-electron chi connectivity index (χ2n) is 4.89. The standard InChI is InChI=1S/C13H19FN2O/c14-13(6-4-10(15)5-7-13)9-16-11-2-1-3-12(17)8-11/h1-3,8,10,16-17H,4-7,9,15H2. The Morgan fingerprint density at radius 2 is 2.12 bits per heavy atom. The van der Waals surface area contributed by atoms with Crippen LogP contribution in [-0.2, 0) is 0 Å². The summed E-state index contributed by atoms with van der Waals surface area (Å²) in [6.07, 6.45) is 2.52. The van der Waals surface area contributed by atoms with E-state index < -0.39 is 5.67 Å². The molecule has 0 unspecified atom stereocenters. The first kappa shape index (κ1) is 12.2. The molecule has 94 valence electrons. The summed E-state index contributed by atoms with van der Waals surface area (Å²) < 4.78 is 14.4. The molecule has 1 aliphatic carbocycles. The quantitative estimate of drug-likeness (QED) is 0.758. The monoisotopic (exact) mass is 238 g/mol. The van der Waals surface area contributed by atoms with E-state index in [2.05, 4.69) is 5.32 Å². The van der Waals surface area contributed by atoms with Crippen molar-refractivity contribution in [2.24, 2.45) is 5.73 Å². The van der Waals surface area contributed by atoms with E-state index in [0.717, 1.165) is 18.5 Å². The predicted molar refractivity (Wildman–Crippen MR) is 66.9 cm³/mol. The van der Waals surface area contributed by atoms with Crippen LogP contribution in [0.25, 0.3) is 0 Å². The molecule has 0 aliphatic heterocycles. The van der Waals surface area contributed by atoms with Gasteiger partial charge in [-0.1, -0.05) is 6.07 Å². The van der Waals surface area contributed by atoms with E-state index in [1.807, 2.05) is 6.07 Å². The summed E-state index contributed by atoms with van der Waals surface area (Å²) in [4.78, 5) is 0. The van der Waals surface area contributed by atoms with Crippen LogP contribution >= 0.6 is 0 Å². The molecule has 0 amide bonds. The third-order valence-corrected chi connectivity index (χ3v) is 3.38. The van der Waals surface area contributed by atoms with Crippen molar-refractivity contribution in [2.75, 3.05) is 11.9 Å². The minimum Gasteiger partial charge on any atom is -0.508 e. The number of anilines is 1. The van der Waals surface area contributed by atoms with Crippen molar-refractivity contribution in [3.63, 3.8) is 0 Å². The number of nitrogens with two attached hydrogens (primary N) is 1. The summed E-state index contributed by atoms with van der Waals surface area (Å²) in [5, 5.41) is 12.3. The molecule has 0 heterocycles. The average Bonchev–Trinajstić information content (AvgIpc) is 2.31. The number of phenols is 1. The largest absolute Gasteiger partial charge is 0.508 e. The Kier molecular flexibility index (Phi) is 3.52. The maximum Gasteiger partial charge on any atom is 0.128 e. The summed E-state index contributed by atoms with van der Waals surface area (Å²) in [7, 11) is 0. The van der Waals surface area contributed by atoms with Gasteiger partial charge in [0, 0.05) is 24.3 Å².